The van der Waals surface area contributed by atoms with Crippen molar-refractivity contribution in [3.05, 3.63) is 41.3 Å². The highest BCUT2D eigenvalue weighted by Crippen LogP contribution is 2.19. The summed E-state index contributed by atoms with van der Waals surface area (Å²) in [5, 5.41) is 0. The van der Waals surface area contributed by atoms with E-state index in [0.717, 1.165) is 37.6 Å². The van der Waals surface area contributed by atoms with Crippen molar-refractivity contribution in [2.24, 2.45) is 0 Å². The SMILES string of the molecule is CN(C)c1ccc(CN2CCc3nc(N)ncc3C2)cn1. The number of hydrogen-bond donors (Lipinski definition) is 1. The lowest BCUT2D eigenvalue weighted by molar-refractivity contribution is 0.243. The molecular weight excluding hydrogens is 264 g/mol. The number of aromatic nitrogens is 3. The Bertz CT molecular complexity index is 623. The van der Waals surface area contributed by atoms with Crippen LogP contribution in [0.4, 0.5) is 11.8 Å². The van der Waals surface area contributed by atoms with Crippen molar-refractivity contribution in [1.82, 2.24) is 19.9 Å². The number of anilines is 2. The summed E-state index contributed by atoms with van der Waals surface area (Å²) in [6.07, 6.45) is 4.72. The molecule has 0 saturated carbocycles. The summed E-state index contributed by atoms with van der Waals surface area (Å²) in [5.74, 6) is 1.34. The minimum atomic E-state index is 0.366. The normalized spacial score (nSPS) is 14.8. The second kappa shape index (κ2) is 5.65. The van der Waals surface area contributed by atoms with E-state index in [1.54, 1.807) is 0 Å². The standard InChI is InChI=1S/C15H20N6/c1-20(2)14-4-3-11(7-17-14)9-21-6-5-13-12(10-21)8-18-15(16)19-13/h3-4,7-8H,5-6,9-10H2,1-2H3,(H2,16,18,19). The van der Waals surface area contributed by atoms with Crippen LogP contribution in [0.2, 0.25) is 0 Å². The highest BCUT2D eigenvalue weighted by atomic mass is 15.1. The maximum Gasteiger partial charge on any atom is 0.220 e. The van der Waals surface area contributed by atoms with Crippen LogP contribution >= 0.6 is 0 Å². The van der Waals surface area contributed by atoms with E-state index < -0.39 is 0 Å². The van der Waals surface area contributed by atoms with Gasteiger partial charge in [0.05, 0.1) is 5.69 Å². The molecule has 0 unspecified atom stereocenters. The third-order valence-corrected chi connectivity index (χ3v) is 3.71. The fourth-order valence-electron chi connectivity index (χ4n) is 2.56. The van der Waals surface area contributed by atoms with Crippen LogP contribution in [-0.2, 0) is 19.5 Å². The molecule has 21 heavy (non-hydrogen) atoms. The van der Waals surface area contributed by atoms with Gasteiger partial charge < -0.3 is 10.6 Å². The summed E-state index contributed by atoms with van der Waals surface area (Å²) in [7, 11) is 3.99. The number of nitrogen functional groups attached to an aromatic ring is 1. The zero-order valence-corrected chi connectivity index (χ0v) is 12.5. The molecule has 0 spiro atoms. The Morgan fingerprint density at radius 1 is 1.24 bits per heavy atom. The van der Waals surface area contributed by atoms with Crippen LogP contribution in [0.1, 0.15) is 16.8 Å². The van der Waals surface area contributed by atoms with Gasteiger partial charge in [0.25, 0.3) is 0 Å². The van der Waals surface area contributed by atoms with Crippen molar-refractivity contribution in [2.75, 3.05) is 31.3 Å². The zero-order valence-electron chi connectivity index (χ0n) is 12.5. The van der Waals surface area contributed by atoms with Crippen LogP contribution in [-0.4, -0.2) is 40.5 Å². The Morgan fingerprint density at radius 3 is 2.81 bits per heavy atom. The number of fused-ring (bicyclic) bond motifs is 1. The molecule has 0 saturated heterocycles. The second-order valence-corrected chi connectivity index (χ2v) is 5.58. The summed E-state index contributed by atoms with van der Waals surface area (Å²) in [4.78, 5) is 17.2. The predicted octanol–water partition coefficient (Wildman–Crippen LogP) is 1.08. The van der Waals surface area contributed by atoms with Crippen LogP contribution in [0.5, 0.6) is 0 Å². The lowest BCUT2D eigenvalue weighted by Crippen LogP contribution is -2.31. The minimum Gasteiger partial charge on any atom is -0.368 e. The largest absolute Gasteiger partial charge is 0.368 e. The van der Waals surface area contributed by atoms with Crippen LogP contribution in [0.15, 0.2) is 24.5 Å². The second-order valence-electron chi connectivity index (χ2n) is 5.58. The summed E-state index contributed by atoms with van der Waals surface area (Å²) >= 11 is 0. The van der Waals surface area contributed by atoms with Gasteiger partial charge in [-0.05, 0) is 11.6 Å². The van der Waals surface area contributed by atoms with Crippen LogP contribution in [0.3, 0.4) is 0 Å². The minimum absolute atomic E-state index is 0.366. The monoisotopic (exact) mass is 284 g/mol. The van der Waals surface area contributed by atoms with E-state index in [4.69, 9.17) is 5.73 Å². The number of hydrogen-bond acceptors (Lipinski definition) is 6. The van der Waals surface area contributed by atoms with Gasteiger partial charge in [0.15, 0.2) is 0 Å². The highest BCUT2D eigenvalue weighted by Gasteiger charge is 2.18. The van der Waals surface area contributed by atoms with Gasteiger partial charge in [0, 0.05) is 58.1 Å². The van der Waals surface area contributed by atoms with Crippen LogP contribution in [0, 0.1) is 0 Å². The molecule has 0 radical (unpaired) electrons. The molecule has 2 N–H and O–H groups in total. The number of nitrogens with two attached hydrogens (primary N) is 1. The molecule has 2 aromatic heterocycles. The Kier molecular flexibility index (Phi) is 3.70. The van der Waals surface area contributed by atoms with E-state index in [1.807, 2.05) is 31.4 Å². The molecule has 0 bridgehead atoms. The highest BCUT2D eigenvalue weighted by molar-refractivity contribution is 5.37. The molecule has 0 fully saturated rings. The summed E-state index contributed by atoms with van der Waals surface area (Å²) < 4.78 is 0. The summed E-state index contributed by atoms with van der Waals surface area (Å²) in [5.41, 5.74) is 9.11. The first-order chi connectivity index (χ1) is 10.1. The average Bonchev–Trinajstić information content (AvgIpc) is 2.48. The summed E-state index contributed by atoms with van der Waals surface area (Å²) in [6.45, 7) is 2.74. The van der Waals surface area contributed by atoms with Crippen LogP contribution in [0.25, 0.3) is 0 Å². The predicted molar refractivity (Wildman–Crippen MR) is 82.8 cm³/mol. The first kappa shape index (κ1) is 13.8. The fourth-order valence-corrected chi connectivity index (χ4v) is 2.56. The van der Waals surface area contributed by atoms with E-state index in [-0.39, 0.29) is 0 Å². The molecule has 6 nitrogen and oxygen atoms in total. The molecule has 0 atom stereocenters. The van der Waals surface area contributed by atoms with Crippen molar-refractivity contribution in [2.45, 2.75) is 19.5 Å². The quantitative estimate of drug-likeness (QED) is 0.909. The van der Waals surface area contributed by atoms with Crippen molar-refractivity contribution >= 4 is 11.8 Å². The molecule has 110 valence electrons. The molecule has 3 heterocycles. The van der Waals surface area contributed by atoms with Crippen molar-refractivity contribution in [3.8, 4) is 0 Å². The van der Waals surface area contributed by atoms with Gasteiger partial charge in [-0.25, -0.2) is 15.0 Å². The molecule has 1 aliphatic heterocycles. The molecule has 0 aliphatic carbocycles. The Balaban J connectivity index is 1.68. The first-order valence-electron chi connectivity index (χ1n) is 7.06. The molecule has 3 rings (SSSR count). The topological polar surface area (TPSA) is 71.2 Å². The molecule has 0 aromatic carbocycles. The van der Waals surface area contributed by atoms with Gasteiger partial charge in [0.2, 0.25) is 5.95 Å². The van der Waals surface area contributed by atoms with Crippen molar-refractivity contribution in [3.63, 3.8) is 0 Å². The maximum atomic E-state index is 5.63. The van der Waals surface area contributed by atoms with Gasteiger partial charge in [-0.2, -0.15) is 0 Å². The van der Waals surface area contributed by atoms with Gasteiger partial charge >= 0.3 is 0 Å². The molecular formula is C15H20N6. The Hall–Kier alpha value is -2.21. The number of pyridine rings is 1. The van der Waals surface area contributed by atoms with E-state index in [1.165, 1.54) is 11.1 Å². The number of rotatable bonds is 3. The third kappa shape index (κ3) is 3.11. The lowest BCUT2D eigenvalue weighted by Gasteiger charge is -2.27. The molecule has 0 amide bonds. The van der Waals surface area contributed by atoms with Gasteiger partial charge in [-0.3, -0.25) is 4.90 Å². The molecule has 6 heteroatoms. The third-order valence-electron chi connectivity index (χ3n) is 3.71. The Labute approximate surface area is 124 Å². The maximum absolute atomic E-state index is 5.63. The van der Waals surface area contributed by atoms with Gasteiger partial charge in [-0.1, -0.05) is 6.07 Å². The van der Waals surface area contributed by atoms with E-state index >= 15 is 0 Å². The van der Waals surface area contributed by atoms with E-state index in [2.05, 4.69) is 32.0 Å². The van der Waals surface area contributed by atoms with Gasteiger partial charge in [0.1, 0.15) is 5.82 Å². The molecule has 2 aromatic rings. The lowest BCUT2D eigenvalue weighted by atomic mass is 10.1. The summed E-state index contributed by atoms with van der Waals surface area (Å²) in [6, 6.07) is 4.19. The van der Waals surface area contributed by atoms with Crippen molar-refractivity contribution in [1.29, 1.82) is 0 Å². The number of nitrogens with zero attached hydrogens (tertiary/aromatic N) is 5. The smallest absolute Gasteiger partial charge is 0.220 e. The zero-order chi connectivity index (χ0) is 14.8. The fraction of sp³-hybridized carbons (Fsp3) is 0.400. The molecule has 1 aliphatic rings. The van der Waals surface area contributed by atoms with E-state index in [9.17, 15) is 0 Å². The van der Waals surface area contributed by atoms with Gasteiger partial charge in [-0.15, -0.1) is 0 Å². The van der Waals surface area contributed by atoms with E-state index in [0.29, 0.717) is 5.95 Å². The average molecular weight is 284 g/mol. The Morgan fingerprint density at radius 2 is 2.10 bits per heavy atom. The first-order valence-corrected chi connectivity index (χ1v) is 7.06. The van der Waals surface area contributed by atoms with Crippen molar-refractivity contribution < 1.29 is 0 Å². The van der Waals surface area contributed by atoms with Crippen LogP contribution < -0.4 is 10.6 Å².